The third-order valence-corrected chi connectivity index (χ3v) is 3.97. The number of thiophene rings is 1. The molecule has 8 heteroatoms. The average Bonchev–Trinajstić information content (AvgIpc) is 2.93. The number of rotatable bonds is 2. The number of nitrogens with one attached hydrogen (secondary N) is 2. The van der Waals surface area contributed by atoms with Crippen LogP contribution in [0, 0.1) is 13.8 Å². The molecule has 2 aromatic heterocycles. The van der Waals surface area contributed by atoms with E-state index in [1.807, 2.05) is 0 Å². The van der Waals surface area contributed by atoms with Crippen molar-refractivity contribution in [1.29, 1.82) is 0 Å². The summed E-state index contributed by atoms with van der Waals surface area (Å²) in [6.07, 6.45) is 0. The van der Waals surface area contributed by atoms with E-state index in [0.29, 0.717) is 21.9 Å². The fourth-order valence-corrected chi connectivity index (χ4v) is 2.76. The Morgan fingerprint density at radius 1 is 1.26 bits per heavy atom. The molecule has 2 rings (SSSR count). The molecule has 2 N–H and O–H groups in total. The van der Waals surface area contributed by atoms with Crippen molar-refractivity contribution < 1.29 is 14.1 Å². The van der Waals surface area contributed by atoms with Crippen LogP contribution in [-0.4, -0.2) is 17.0 Å². The van der Waals surface area contributed by atoms with Gasteiger partial charge in [-0.15, -0.1) is 11.3 Å². The van der Waals surface area contributed by atoms with Crippen molar-refractivity contribution in [3.63, 3.8) is 0 Å². The van der Waals surface area contributed by atoms with Gasteiger partial charge in [0, 0.05) is 0 Å². The predicted octanol–water partition coefficient (Wildman–Crippen LogP) is 2.19. The van der Waals surface area contributed by atoms with Crippen LogP contribution < -0.4 is 10.9 Å². The molecule has 0 atom stereocenters. The van der Waals surface area contributed by atoms with E-state index in [9.17, 15) is 9.59 Å². The molecular formula is C11H10BrN3O3S. The highest BCUT2D eigenvalue weighted by Gasteiger charge is 2.18. The molecule has 100 valence electrons. The standard InChI is InChI=1S/C11H10BrN3O3S/c1-5-9(6(2)18-15-5)11(17)14-13-10(16)7-3-4-8(12)19-7/h3-4H,1-2H3,(H,13,16)(H,14,17). The molecule has 0 fully saturated rings. The van der Waals surface area contributed by atoms with Gasteiger partial charge in [-0.05, 0) is 41.9 Å². The SMILES string of the molecule is Cc1noc(C)c1C(=O)NNC(=O)c1ccc(Br)s1. The lowest BCUT2D eigenvalue weighted by molar-refractivity contribution is 0.0847. The number of halogens is 1. The number of hydrogen-bond acceptors (Lipinski definition) is 5. The number of aryl methyl sites for hydroxylation is 2. The summed E-state index contributed by atoms with van der Waals surface area (Å²) in [5.41, 5.74) is 5.47. The van der Waals surface area contributed by atoms with E-state index in [4.69, 9.17) is 4.52 Å². The first-order chi connectivity index (χ1) is 8.99. The molecule has 0 spiro atoms. The molecule has 19 heavy (non-hydrogen) atoms. The molecule has 0 aliphatic heterocycles. The third-order valence-electron chi connectivity index (χ3n) is 2.35. The van der Waals surface area contributed by atoms with E-state index in [-0.39, 0.29) is 5.91 Å². The van der Waals surface area contributed by atoms with Crippen LogP contribution in [0.15, 0.2) is 20.4 Å². The van der Waals surface area contributed by atoms with Crippen molar-refractivity contribution >= 4 is 39.1 Å². The summed E-state index contributed by atoms with van der Waals surface area (Å²) in [6, 6.07) is 3.42. The van der Waals surface area contributed by atoms with E-state index < -0.39 is 5.91 Å². The Hall–Kier alpha value is -1.67. The molecular weight excluding hydrogens is 334 g/mol. The highest BCUT2D eigenvalue weighted by molar-refractivity contribution is 9.11. The van der Waals surface area contributed by atoms with Crippen LogP contribution in [0.25, 0.3) is 0 Å². The normalized spacial score (nSPS) is 10.3. The van der Waals surface area contributed by atoms with Gasteiger partial charge in [-0.2, -0.15) is 0 Å². The van der Waals surface area contributed by atoms with Gasteiger partial charge in [0.15, 0.2) is 0 Å². The van der Waals surface area contributed by atoms with Crippen molar-refractivity contribution in [1.82, 2.24) is 16.0 Å². The van der Waals surface area contributed by atoms with E-state index in [0.717, 1.165) is 3.79 Å². The molecule has 0 aliphatic carbocycles. The van der Waals surface area contributed by atoms with Crippen LogP contribution in [0.5, 0.6) is 0 Å². The fraction of sp³-hybridized carbons (Fsp3) is 0.182. The number of nitrogens with zero attached hydrogens (tertiary/aromatic N) is 1. The maximum Gasteiger partial charge on any atom is 0.279 e. The van der Waals surface area contributed by atoms with E-state index in [1.54, 1.807) is 26.0 Å². The monoisotopic (exact) mass is 343 g/mol. The summed E-state index contributed by atoms with van der Waals surface area (Å²) >= 11 is 4.54. The summed E-state index contributed by atoms with van der Waals surface area (Å²) in [5, 5.41) is 3.67. The zero-order valence-corrected chi connectivity index (χ0v) is 12.5. The van der Waals surface area contributed by atoms with Crippen LogP contribution in [0.4, 0.5) is 0 Å². The molecule has 2 aromatic rings. The Kier molecular flexibility index (Phi) is 4.01. The van der Waals surface area contributed by atoms with Crippen LogP contribution in [-0.2, 0) is 0 Å². The zero-order valence-electron chi connectivity index (χ0n) is 10.1. The molecule has 0 radical (unpaired) electrons. The maximum atomic E-state index is 11.9. The van der Waals surface area contributed by atoms with Gasteiger partial charge >= 0.3 is 0 Å². The van der Waals surface area contributed by atoms with Crippen LogP contribution in [0.3, 0.4) is 0 Å². The molecule has 0 saturated carbocycles. The van der Waals surface area contributed by atoms with Gasteiger partial charge in [-0.25, -0.2) is 0 Å². The van der Waals surface area contributed by atoms with Gasteiger partial charge < -0.3 is 4.52 Å². The third kappa shape index (κ3) is 3.02. The predicted molar refractivity (Wildman–Crippen MR) is 72.9 cm³/mol. The second-order valence-electron chi connectivity index (χ2n) is 3.71. The first-order valence-electron chi connectivity index (χ1n) is 5.28. The van der Waals surface area contributed by atoms with Gasteiger partial charge in [0.05, 0.1) is 14.4 Å². The molecule has 0 bridgehead atoms. The second kappa shape index (κ2) is 5.54. The molecule has 0 aromatic carbocycles. The number of hydrazine groups is 1. The van der Waals surface area contributed by atoms with Crippen molar-refractivity contribution in [3.8, 4) is 0 Å². The molecule has 0 aliphatic rings. The van der Waals surface area contributed by atoms with Gasteiger partial charge in [0.25, 0.3) is 11.8 Å². The van der Waals surface area contributed by atoms with Crippen molar-refractivity contribution in [2.75, 3.05) is 0 Å². The molecule has 6 nitrogen and oxygen atoms in total. The topological polar surface area (TPSA) is 84.2 Å². The quantitative estimate of drug-likeness (QED) is 0.818. The Morgan fingerprint density at radius 3 is 2.47 bits per heavy atom. The van der Waals surface area contributed by atoms with Gasteiger partial charge in [0.1, 0.15) is 11.3 Å². The lowest BCUT2D eigenvalue weighted by atomic mass is 10.2. The first-order valence-corrected chi connectivity index (χ1v) is 6.89. The number of hydrogen-bond donors (Lipinski definition) is 2. The Balaban J connectivity index is 2.00. The molecule has 2 amide bonds. The number of carbonyl (C=O) groups is 2. The minimum absolute atomic E-state index is 0.327. The Morgan fingerprint density at radius 2 is 1.95 bits per heavy atom. The summed E-state index contributed by atoms with van der Waals surface area (Å²) < 4.78 is 5.73. The van der Waals surface area contributed by atoms with Crippen LogP contribution in [0.2, 0.25) is 0 Å². The lowest BCUT2D eigenvalue weighted by Crippen LogP contribution is -2.41. The van der Waals surface area contributed by atoms with Crippen LogP contribution >= 0.6 is 27.3 Å². The minimum Gasteiger partial charge on any atom is -0.361 e. The van der Waals surface area contributed by atoms with Gasteiger partial charge in [-0.3, -0.25) is 20.4 Å². The van der Waals surface area contributed by atoms with Crippen molar-refractivity contribution in [2.24, 2.45) is 0 Å². The van der Waals surface area contributed by atoms with E-state index >= 15 is 0 Å². The summed E-state index contributed by atoms with van der Waals surface area (Å²) in [5.74, 6) is -0.431. The smallest absolute Gasteiger partial charge is 0.279 e. The number of amides is 2. The highest BCUT2D eigenvalue weighted by Crippen LogP contribution is 2.21. The summed E-state index contributed by atoms with van der Waals surface area (Å²) in [7, 11) is 0. The molecule has 2 heterocycles. The first kappa shape index (κ1) is 13.8. The number of carbonyl (C=O) groups excluding carboxylic acids is 2. The fourth-order valence-electron chi connectivity index (χ4n) is 1.48. The minimum atomic E-state index is -0.458. The van der Waals surface area contributed by atoms with Crippen molar-refractivity contribution in [2.45, 2.75) is 13.8 Å². The largest absolute Gasteiger partial charge is 0.361 e. The van der Waals surface area contributed by atoms with Gasteiger partial charge in [0.2, 0.25) is 0 Å². The molecule has 0 saturated heterocycles. The second-order valence-corrected chi connectivity index (χ2v) is 6.17. The Bertz CT molecular complexity index is 615. The van der Waals surface area contributed by atoms with E-state index in [2.05, 4.69) is 31.9 Å². The highest BCUT2D eigenvalue weighted by atomic mass is 79.9. The summed E-state index contributed by atoms with van der Waals surface area (Å²) in [6.45, 7) is 3.29. The van der Waals surface area contributed by atoms with E-state index in [1.165, 1.54) is 11.3 Å². The lowest BCUT2D eigenvalue weighted by Gasteiger charge is -2.05. The molecule has 0 unspecified atom stereocenters. The summed E-state index contributed by atoms with van der Waals surface area (Å²) in [4.78, 5) is 24.1. The van der Waals surface area contributed by atoms with Crippen molar-refractivity contribution in [3.05, 3.63) is 37.8 Å². The number of aromatic nitrogens is 1. The Labute approximate surface area is 121 Å². The average molecular weight is 344 g/mol. The zero-order chi connectivity index (χ0) is 14.0. The van der Waals surface area contributed by atoms with Crippen LogP contribution in [0.1, 0.15) is 31.5 Å². The maximum absolute atomic E-state index is 11.9. The van der Waals surface area contributed by atoms with Gasteiger partial charge in [-0.1, -0.05) is 5.16 Å².